The van der Waals surface area contributed by atoms with Crippen molar-refractivity contribution in [2.75, 3.05) is 20.2 Å². The predicted molar refractivity (Wildman–Crippen MR) is 57.6 cm³/mol. The zero-order valence-corrected chi connectivity index (χ0v) is 9.29. The molecule has 0 aromatic rings. The summed E-state index contributed by atoms with van der Waals surface area (Å²) in [5.41, 5.74) is 0. The van der Waals surface area contributed by atoms with Crippen LogP contribution in [0.2, 0.25) is 0 Å². The van der Waals surface area contributed by atoms with Gasteiger partial charge in [-0.1, -0.05) is 0 Å². The Kier molecular flexibility index (Phi) is 3.59. The van der Waals surface area contributed by atoms with Crippen LogP contribution in [0, 0.1) is 5.92 Å². The van der Waals surface area contributed by atoms with Crippen LogP contribution in [0.1, 0.15) is 25.7 Å². The molecule has 1 amide bonds. The molecule has 4 heteroatoms. The first-order chi connectivity index (χ1) is 7.31. The van der Waals surface area contributed by atoms with Gasteiger partial charge in [0.2, 0.25) is 5.91 Å². The fourth-order valence-electron chi connectivity index (χ4n) is 2.77. The molecular formula is C11H20N2O2. The maximum absolute atomic E-state index is 11.5. The molecule has 1 saturated carbocycles. The van der Waals surface area contributed by atoms with Gasteiger partial charge in [0.25, 0.3) is 0 Å². The van der Waals surface area contributed by atoms with Crippen LogP contribution in [-0.4, -0.2) is 38.3 Å². The number of nitrogens with one attached hydrogen (secondary N) is 2. The van der Waals surface area contributed by atoms with Gasteiger partial charge in [-0.05, 0) is 32.7 Å². The normalized spacial score (nSPS) is 34.9. The van der Waals surface area contributed by atoms with Gasteiger partial charge in [-0.25, -0.2) is 0 Å². The van der Waals surface area contributed by atoms with Crippen molar-refractivity contribution in [1.29, 1.82) is 0 Å². The minimum atomic E-state index is 0.107. The van der Waals surface area contributed by atoms with Gasteiger partial charge >= 0.3 is 0 Å². The molecule has 4 nitrogen and oxygen atoms in total. The minimum Gasteiger partial charge on any atom is -0.378 e. The number of likely N-dealkylation sites (N-methyl/N-ethyl adjacent to an activating group) is 1. The number of rotatable bonds is 3. The van der Waals surface area contributed by atoms with Crippen molar-refractivity contribution in [2.45, 2.75) is 37.8 Å². The summed E-state index contributed by atoms with van der Waals surface area (Å²) in [7, 11) is 1.79. The van der Waals surface area contributed by atoms with E-state index in [-0.39, 0.29) is 5.91 Å². The van der Waals surface area contributed by atoms with Crippen LogP contribution in [0.25, 0.3) is 0 Å². The lowest BCUT2D eigenvalue weighted by molar-refractivity contribution is -0.121. The molecule has 0 bridgehead atoms. The van der Waals surface area contributed by atoms with Gasteiger partial charge in [0.05, 0.1) is 12.6 Å². The third-order valence-corrected chi connectivity index (χ3v) is 3.46. The van der Waals surface area contributed by atoms with Crippen LogP contribution in [0.5, 0.6) is 0 Å². The summed E-state index contributed by atoms with van der Waals surface area (Å²) in [4.78, 5) is 11.5. The van der Waals surface area contributed by atoms with Crippen LogP contribution in [-0.2, 0) is 9.53 Å². The molecule has 1 aliphatic heterocycles. The lowest BCUT2D eigenvalue weighted by atomic mass is 9.82. The second-order valence-corrected chi connectivity index (χ2v) is 4.50. The van der Waals surface area contributed by atoms with Gasteiger partial charge in [-0.15, -0.1) is 0 Å². The molecule has 2 rings (SSSR count). The van der Waals surface area contributed by atoms with Gasteiger partial charge in [0.15, 0.2) is 0 Å². The standard InChI is InChI=1S/C11H20N2O2/c1-12-7-11(14)13-9-3-2-4-10-8(9)5-6-15-10/h8-10,12H,2-7H2,1H3,(H,13,14). The SMILES string of the molecule is CNCC(=O)NC1CCCC2OCCC12. The van der Waals surface area contributed by atoms with Crippen LogP contribution < -0.4 is 10.6 Å². The van der Waals surface area contributed by atoms with Crippen LogP contribution >= 0.6 is 0 Å². The van der Waals surface area contributed by atoms with Crippen molar-refractivity contribution in [3.63, 3.8) is 0 Å². The molecule has 1 saturated heterocycles. The Morgan fingerprint density at radius 2 is 2.27 bits per heavy atom. The van der Waals surface area contributed by atoms with Crippen molar-refractivity contribution >= 4 is 5.91 Å². The van der Waals surface area contributed by atoms with E-state index in [1.807, 2.05) is 0 Å². The first-order valence-corrected chi connectivity index (χ1v) is 5.87. The number of ether oxygens (including phenoxy) is 1. The number of amides is 1. The molecule has 15 heavy (non-hydrogen) atoms. The molecule has 0 aromatic heterocycles. The molecule has 3 unspecified atom stereocenters. The van der Waals surface area contributed by atoms with E-state index in [9.17, 15) is 4.79 Å². The average Bonchev–Trinajstić information content (AvgIpc) is 2.67. The number of carbonyl (C=O) groups is 1. The summed E-state index contributed by atoms with van der Waals surface area (Å²) in [5, 5.41) is 5.98. The molecule has 2 aliphatic rings. The highest BCUT2D eigenvalue weighted by molar-refractivity contribution is 5.78. The highest BCUT2D eigenvalue weighted by atomic mass is 16.5. The molecule has 1 aliphatic carbocycles. The molecule has 2 N–H and O–H groups in total. The lowest BCUT2D eigenvalue weighted by Gasteiger charge is -2.33. The summed E-state index contributed by atoms with van der Waals surface area (Å²) >= 11 is 0. The minimum absolute atomic E-state index is 0.107. The summed E-state index contributed by atoms with van der Waals surface area (Å²) < 4.78 is 5.66. The van der Waals surface area contributed by atoms with Crippen molar-refractivity contribution in [3.8, 4) is 0 Å². The molecular weight excluding hydrogens is 192 g/mol. The fraction of sp³-hybridized carbons (Fsp3) is 0.909. The zero-order valence-electron chi connectivity index (χ0n) is 9.29. The third-order valence-electron chi connectivity index (χ3n) is 3.46. The van der Waals surface area contributed by atoms with Crippen molar-refractivity contribution in [1.82, 2.24) is 10.6 Å². The Labute approximate surface area is 90.8 Å². The fourth-order valence-corrected chi connectivity index (χ4v) is 2.77. The van der Waals surface area contributed by atoms with E-state index in [1.54, 1.807) is 7.05 Å². The van der Waals surface area contributed by atoms with Gasteiger partial charge in [0, 0.05) is 18.6 Å². The van der Waals surface area contributed by atoms with Crippen LogP contribution in [0.3, 0.4) is 0 Å². The summed E-state index contributed by atoms with van der Waals surface area (Å²) in [6.07, 6.45) is 4.96. The van der Waals surface area contributed by atoms with Crippen molar-refractivity contribution in [2.24, 2.45) is 5.92 Å². The second-order valence-electron chi connectivity index (χ2n) is 4.50. The molecule has 3 atom stereocenters. The van der Waals surface area contributed by atoms with Crippen molar-refractivity contribution in [3.05, 3.63) is 0 Å². The second kappa shape index (κ2) is 4.94. The third kappa shape index (κ3) is 2.49. The maximum Gasteiger partial charge on any atom is 0.234 e. The van der Waals surface area contributed by atoms with E-state index in [4.69, 9.17) is 4.74 Å². The highest BCUT2D eigenvalue weighted by Crippen LogP contribution is 2.34. The zero-order chi connectivity index (χ0) is 10.7. The Bertz CT molecular complexity index is 233. The quantitative estimate of drug-likeness (QED) is 0.706. The summed E-state index contributed by atoms with van der Waals surface area (Å²) in [6.45, 7) is 1.28. The van der Waals surface area contributed by atoms with Crippen LogP contribution in [0.15, 0.2) is 0 Å². The topological polar surface area (TPSA) is 50.4 Å². The largest absolute Gasteiger partial charge is 0.378 e. The Balaban J connectivity index is 1.87. The molecule has 0 radical (unpaired) electrons. The molecule has 0 aromatic carbocycles. The Morgan fingerprint density at radius 3 is 3.07 bits per heavy atom. The number of carbonyl (C=O) groups excluding carboxylic acids is 1. The van der Waals surface area contributed by atoms with E-state index in [0.29, 0.717) is 24.6 Å². The first-order valence-electron chi connectivity index (χ1n) is 5.87. The number of fused-ring (bicyclic) bond motifs is 1. The first kappa shape index (κ1) is 10.9. The van der Waals surface area contributed by atoms with E-state index in [1.165, 1.54) is 12.8 Å². The number of hydrogen-bond donors (Lipinski definition) is 2. The molecule has 86 valence electrons. The predicted octanol–water partition coefficient (Wildman–Crippen LogP) is 0.280. The van der Waals surface area contributed by atoms with E-state index in [0.717, 1.165) is 19.4 Å². The Hall–Kier alpha value is -0.610. The summed E-state index contributed by atoms with van der Waals surface area (Å²) in [5.74, 6) is 0.662. The van der Waals surface area contributed by atoms with E-state index < -0.39 is 0 Å². The van der Waals surface area contributed by atoms with Crippen molar-refractivity contribution < 1.29 is 9.53 Å². The van der Waals surface area contributed by atoms with E-state index in [2.05, 4.69) is 10.6 Å². The smallest absolute Gasteiger partial charge is 0.234 e. The van der Waals surface area contributed by atoms with E-state index >= 15 is 0 Å². The van der Waals surface area contributed by atoms with Crippen LogP contribution in [0.4, 0.5) is 0 Å². The molecule has 2 fully saturated rings. The van der Waals surface area contributed by atoms with Gasteiger partial charge in [-0.3, -0.25) is 4.79 Å². The molecule has 0 spiro atoms. The monoisotopic (exact) mass is 212 g/mol. The summed E-state index contributed by atoms with van der Waals surface area (Å²) in [6, 6.07) is 0.340. The average molecular weight is 212 g/mol. The van der Waals surface area contributed by atoms with Gasteiger partial charge in [0.1, 0.15) is 0 Å². The van der Waals surface area contributed by atoms with Gasteiger partial charge in [-0.2, -0.15) is 0 Å². The number of hydrogen-bond acceptors (Lipinski definition) is 3. The Morgan fingerprint density at radius 1 is 1.40 bits per heavy atom. The lowest BCUT2D eigenvalue weighted by Crippen LogP contribution is -2.47. The maximum atomic E-state index is 11.5. The highest BCUT2D eigenvalue weighted by Gasteiger charge is 2.37. The van der Waals surface area contributed by atoms with Gasteiger partial charge < -0.3 is 15.4 Å². The molecule has 1 heterocycles.